The summed E-state index contributed by atoms with van der Waals surface area (Å²) in [4.78, 5) is 0. The molecular formula is C10H9F6N. The number of hydrogen-bond donors (Lipinski definition) is 1. The monoisotopic (exact) mass is 257 g/mol. The molecule has 0 heterocycles. The third-order valence-electron chi connectivity index (χ3n) is 2.16. The average molecular weight is 257 g/mol. The lowest BCUT2D eigenvalue weighted by molar-refractivity contribution is -0.157. The van der Waals surface area contributed by atoms with Gasteiger partial charge in [0, 0.05) is 0 Å². The third kappa shape index (κ3) is 3.36. The predicted molar refractivity (Wildman–Crippen MR) is 49.3 cm³/mol. The number of halogens is 6. The first kappa shape index (κ1) is 13.8. The lowest BCUT2D eigenvalue weighted by atomic mass is 10.0. The van der Waals surface area contributed by atoms with E-state index in [-0.39, 0.29) is 0 Å². The number of hydrogen-bond acceptors (Lipinski definition) is 1. The van der Waals surface area contributed by atoms with Gasteiger partial charge in [-0.2, -0.15) is 26.3 Å². The van der Waals surface area contributed by atoms with E-state index < -0.39 is 29.5 Å². The first-order valence-corrected chi connectivity index (χ1v) is 4.57. The highest BCUT2D eigenvalue weighted by molar-refractivity contribution is 5.28. The van der Waals surface area contributed by atoms with E-state index in [1.807, 2.05) is 5.32 Å². The molecule has 0 saturated heterocycles. The van der Waals surface area contributed by atoms with Crippen LogP contribution in [-0.4, -0.2) is 13.2 Å². The Morgan fingerprint density at radius 3 is 2.06 bits per heavy atom. The van der Waals surface area contributed by atoms with Gasteiger partial charge in [0.05, 0.1) is 5.56 Å². The van der Waals surface area contributed by atoms with Crippen molar-refractivity contribution in [3.8, 4) is 0 Å². The minimum absolute atomic E-state index is 0.463. The van der Waals surface area contributed by atoms with Crippen LogP contribution < -0.4 is 5.32 Å². The van der Waals surface area contributed by atoms with Gasteiger partial charge in [0.1, 0.15) is 6.04 Å². The van der Waals surface area contributed by atoms with Gasteiger partial charge in [-0.05, 0) is 24.7 Å². The Morgan fingerprint density at radius 1 is 1.06 bits per heavy atom. The van der Waals surface area contributed by atoms with Crippen LogP contribution in [-0.2, 0) is 6.18 Å². The van der Waals surface area contributed by atoms with Crippen LogP contribution in [0.4, 0.5) is 26.3 Å². The molecule has 96 valence electrons. The summed E-state index contributed by atoms with van der Waals surface area (Å²) >= 11 is 0. The van der Waals surface area contributed by atoms with Gasteiger partial charge < -0.3 is 5.32 Å². The number of benzene rings is 1. The third-order valence-corrected chi connectivity index (χ3v) is 2.16. The topological polar surface area (TPSA) is 12.0 Å². The van der Waals surface area contributed by atoms with E-state index in [4.69, 9.17) is 0 Å². The summed E-state index contributed by atoms with van der Waals surface area (Å²) in [6.45, 7) is 0. The Bertz CT molecular complexity index is 381. The van der Waals surface area contributed by atoms with E-state index >= 15 is 0 Å². The van der Waals surface area contributed by atoms with Gasteiger partial charge in [0.25, 0.3) is 0 Å². The maximum atomic E-state index is 12.5. The number of rotatable bonds is 2. The van der Waals surface area contributed by atoms with Gasteiger partial charge in [-0.1, -0.05) is 12.1 Å². The van der Waals surface area contributed by atoms with E-state index in [1.54, 1.807) is 0 Å². The Balaban J connectivity index is 3.15. The van der Waals surface area contributed by atoms with E-state index in [0.717, 1.165) is 25.2 Å². The summed E-state index contributed by atoms with van der Waals surface area (Å²) in [5.41, 5.74) is -1.56. The molecule has 0 unspecified atom stereocenters. The molecule has 1 atom stereocenters. The highest BCUT2D eigenvalue weighted by Gasteiger charge is 2.40. The van der Waals surface area contributed by atoms with E-state index in [0.29, 0.717) is 6.07 Å². The highest BCUT2D eigenvalue weighted by Crippen LogP contribution is 2.35. The van der Waals surface area contributed by atoms with Crippen molar-refractivity contribution in [2.75, 3.05) is 7.05 Å². The molecule has 17 heavy (non-hydrogen) atoms. The van der Waals surface area contributed by atoms with Crippen molar-refractivity contribution < 1.29 is 26.3 Å². The van der Waals surface area contributed by atoms with Gasteiger partial charge in [-0.25, -0.2) is 0 Å². The molecular weight excluding hydrogens is 248 g/mol. The molecule has 0 radical (unpaired) electrons. The van der Waals surface area contributed by atoms with E-state index in [2.05, 4.69) is 0 Å². The average Bonchev–Trinajstić information content (AvgIpc) is 2.15. The quantitative estimate of drug-likeness (QED) is 0.799. The molecule has 1 aromatic carbocycles. The Kier molecular flexibility index (Phi) is 3.71. The zero-order chi connectivity index (χ0) is 13.3. The summed E-state index contributed by atoms with van der Waals surface area (Å²) in [7, 11) is 1.04. The fraction of sp³-hybridized carbons (Fsp3) is 0.400. The van der Waals surface area contributed by atoms with E-state index in [1.165, 1.54) is 0 Å². The number of alkyl halides is 6. The van der Waals surface area contributed by atoms with Crippen molar-refractivity contribution >= 4 is 0 Å². The van der Waals surface area contributed by atoms with Gasteiger partial charge in [-0.3, -0.25) is 0 Å². The molecule has 0 aromatic heterocycles. The van der Waals surface area contributed by atoms with Crippen LogP contribution in [0.15, 0.2) is 24.3 Å². The van der Waals surface area contributed by atoms with Gasteiger partial charge in [-0.15, -0.1) is 0 Å². The standard InChI is InChI=1S/C10H9F6N/c1-17-8(10(14,15)16)6-3-2-4-7(5-6)9(11,12)13/h2-5,8,17H,1H3/t8-/m1/s1. The summed E-state index contributed by atoms with van der Waals surface area (Å²) in [6.07, 6.45) is -9.29. The van der Waals surface area contributed by atoms with Crippen LogP contribution in [0.5, 0.6) is 0 Å². The molecule has 1 nitrogen and oxygen atoms in total. The first-order valence-electron chi connectivity index (χ1n) is 4.57. The van der Waals surface area contributed by atoms with Crippen molar-refractivity contribution in [2.45, 2.75) is 18.4 Å². The molecule has 0 aliphatic rings. The smallest absolute Gasteiger partial charge is 0.306 e. The lowest BCUT2D eigenvalue weighted by Gasteiger charge is -2.20. The van der Waals surface area contributed by atoms with Crippen LogP contribution in [0.25, 0.3) is 0 Å². The molecule has 0 fully saturated rings. The normalized spacial score (nSPS) is 14.8. The summed E-state index contributed by atoms with van der Waals surface area (Å²) in [5, 5.41) is 1.94. The lowest BCUT2D eigenvalue weighted by Crippen LogP contribution is -2.31. The highest BCUT2D eigenvalue weighted by atomic mass is 19.4. The molecule has 0 amide bonds. The van der Waals surface area contributed by atoms with Crippen molar-refractivity contribution in [2.24, 2.45) is 0 Å². The molecule has 0 aliphatic heterocycles. The Morgan fingerprint density at radius 2 is 1.65 bits per heavy atom. The zero-order valence-electron chi connectivity index (χ0n) is 8.65. The van der Waals surface area contributed by atoms with Crippen molar-refractivity contribution in [1.29, 1.82) is 0 Å². The largest absolute Gasteiger partial charge is 0.416 e. The summed E-state index contributed by atoms with van der Waals surface area (Å²) < 4.78 is 74.5. The second-order valence-corrected chi connectivity index (χ2v) is 3.39. The van der Waals surface area contributed by atoms with Crippen molar-refractivity contribution in [3.05, 3.63) is 35.4 Å². The van der Waals surface area contributed by atoms with Gasteiger partial charge in [0.15, 0.2) is 0 Å². The second-order valence-electron chi connectivity index (χ2n) is 3.39. The van der Waals surface area contributed by atoms with E-state index in [9.17, 15) is 26.3 Å². The van der Waals surface area contributed by atoms with Crippen molar-refractivity contribution in [3.63, 3.8) is 0 Å². The maximum absolute atomic E-state index is 12.5. The van der Waals surface area contributed by atoms with Crippen LogP contribution in [0.2, 0.25) is 0 Å². The Labute approximate surface area is 93.4 Å². The summed E-state index contributed by atoms with van der Waals surface area (Å²) in [5.74, 6) is 0. The minimum atomic E-state index is -4.65. The van der Waals surface area contributed by atoms with Crippen LogP contribution in [0, 0.1) is 0 Å². The fourth-order valence-electron chi connectivity index (χ4n) is 1.41. The SMILES string of the molecule is CN[C@H](c1cccc(C(F)(F)F)c1)C(F)(F)F. The molecule has 7 heteroatoms. The predicted octanol–water partition coefficient (Wildman–Crippen LogP) is 3.53. The minimum Gasteiger partial charge on any atom is -0.306 e. The summed E-state index contributed by atoms with van der Waals surface area (Å²) in [6, 6.07) is 1.07. The molecule has 1 N–H and O–H groups in total. The Hall–Kier alpha value is -1.24. The van der Waals surface area contributed by atoms with Gasteiger partial charge >= 0.3 is 12.4 Å². The molecule has 0 bridgehead atoms. The molecule has 0 aliphatic carbocycles. The first-order chi connectivity index (χ1) is 7.66. The van der Waals surface area contributed by atoms with Crippen LogP contribution in [0.1, 0.15) is 17.2 Å². The molecule has 1 rings (SSSR count). The number of nitrogens with one attached hydrogen (secondary N) is 1. The van der Waals surface area contributed by atoms with Gasteiger partial charge in [0.2, 0.25) is 0 Å². The van der Waals surface area contributed by atoms with Crippen molar-refractivity contribution in [1.82, 2.24) is 5.32 Å². The zero-order valence-corrected chi connectivity index (χ0v) is 8.65. The molecule has 0 saturated carbocycles. The molecule has 0 spiro atoms. The second kappa shape index (κ2) is 4.56. The van der Waals surface area contributed by atoms with Crippen LogP contribution in [0.3, 0.4) is 0 Å². The molecule has 1 aromatic rings. The van der Waals surface area contributed by atoms with Crippen LogP contribution >= 0.6 is 0 Å². The fourth-order valence-corrected chi connectivity index (χ4v) is 1.41. The maximum Gasteiger partial charge on any atom is 0.416 e.